The highest BCUT2D eigenvalue weighted by Gasteiger charge is 2.25. The van der Waals surface area contributed by atoms with E-state index in [1.807, 2.05) is 0 Å². The number of hydrogen-bond acceptors (Lipinski definition) is 6. The van der Waals surface area contributed by atoms with Crippen LogP contribution in [0.1, 0.15) is 11.3 Å². The Hall–Kier alpha value is -2.72. The highest BCUT2D eigenvalue weighted by atomic mass is 32.2. The fourth-order valence-corrected chi connectivity index (χ4v) is 3.22. The Labute approximate surface area is 144 Å². The van der Waals surface area contributed by atoms with Crippen LogP contribution in [0.3, 0.4) is 0 Å². The van der Waals surface area contributed by atoms with Gasteiger partial charge < -0.3 is 9.73 Å². The van der Waals surface area contributed by atoms with Gasteiger partial charge >= 0.3 is 0 Å². The van der Waals surface area contributed by atoms with Crippen LogP contribution in [0.15, 0.2) is 45.9 Å². The number of sulfonamides is 1. The van der Waals surface area contributed by atoms with Gasteiger partial charge in [-0.3, -0.25) is 14.9 Å². The number of nitrogens with zero attached hydrogens (tertiary/aromatic N) is 2. The van der Waals surface area contributed by atoms with Crippen molar-refractivity contribution in [2.24, 2.45) is 0 Å². The number of hydrogen-bond donors (Lipinski definition) is 1. The van der Waals surface area contributed by atoms with Crippen LogP contribution < -0.4 is 5.32 Å². The summed E-state index contributed by atoms with van der Waals surface area (Å²) >= 11 is 0. The molecule has 0 aliphatic rings. The molecule has 1 aromatic carbocycles. The zero-order valence-electron chi connectivity index (χ0n) is 13.6. The second-order valence-electron chi connectivity index (χ2n) is 5.32. The minimum atomic E-state index is -4.03. The first kappa shape index (κ1) is 18.6. The van der Waals surface area contributed by atoms with Gasteiger partial charge in [0.25, 0.3) is 5.69 Å². The molecule has 0 saturated carbocycles. The van der Waals surface area contributed by atoms with Crippen molar-refractivity contribution < 1.29 is 22.6 Å². The Kier molecular flexibility index (Phi) is 5.55. The van der Waals surface area contributed by atoms with E-state index < -0.39 is 27.4 Å². The Morgan fingerprint density at radius 3 is 2.68 bits per heavy atom. The number of nitro benzene ring substituents is 1. The topological polar surface area (TPSA) is 123 Å². The summed E-state index contributed by atoms with van der Waals surface area (Å²) in [6, 6.07) is 6.96. The fourth-order valence-electron chi connectivity index (χ4n) is 2.07. The second-order valence-corrected chi connectivity index (χ2v) is 7.37. The molecular formula is C15H17N3O6S. The minimum absolute atomic E-state index is 0.135. The van der Waals surface area contributed by atoms with Crippen molar-refractivity contribution in [1.82, 2.24) is 9.62 Å². The standard InChI is InChI=1S/C15H17N3O6S/c1-11-5-6-13(8-14(11)18(20)21)25(22,23)17(2)10-15(19)16-9-12-4-3-7-24-12/h3-8H,9-10H2,1-2H3,(H,16,19). The molecule has 0 bridgehead atoms. The lowest BCUT2D eigenvalue weighted by Gasteiger charge is -2.16. The van der Waals surface area contributed by atoms with Crippen LogP contribution in [0.4, 0.5) is 5.69 Å². The maximum Gasteiger partial charge on any atom is 0.273 e. The van der Waals surface area contributed by atoms with Gasteiger partial charge in [-0.1, -0.05) is 6.07 Å². The second kappa shape index (κ2) is 7.45. The highest BCUT2D eigenvalue weighted by molar-refractivity contribution is 7.89. The van der Waals surface area contributed by atoms with E-state index in [-0.39, 0.29) is 17.1 Å². The van der Waals surface area contributed by atoms with Gasteiger partial charge in [-0.05, 0) is 25.1 Å². The Balaban J connectivity index is 2.09. The third-order valence-corrected chi connectivity index (χ3v) is 5.29. The first-order chi connectivity index (χ1) is 11.7. The third kappa shape index (κ3) is 4.43. The molecule has 9 nitrogen and oxygen atoms in total. The van der Waals surface area contributed by atoms with Crippen molar-refractivity contribution in [1.29, 1.82) is 0 Å². The highest BCUT2D eigenvalue weighted by Crippen LogP contribution is 2.23. The van der Waals surface area contributed by atoms with E-state index in [4.69, 9.17) is 4.42 Å². The van der Waals surface area contributed by atoms with Gasteiger partial charge in [0.1, 0.15) is 5.76 Å². The predicted molar refractivity (Wildman–Crippen MR) is 88.2 cm³/mol. The van der Waals surface area contributed by atoms with Gasteiger partial charge in [-0.25, -0.2) is 8.42 Å². The van der Waals surface area contributed by atoms with E-state index in [9.17, 15) is 23.3 Å². The molecule has 0 aliphatic heterocycles. The molecule has 1 N–H and O–H groups in total. The molecule has 0 atom stereocenters. The molecule has 2 aromatic rings. The molecule has 2 rings (SSSR count). The first-order valence-corrected chi connectivity index (χ1v) is 8.66. The summed E-state index contributed by atoms with van der Waals surface area (Å²) in [7, 11) is -2.80. The fraction of sp³-hybridized carbons (Fsp3) is 0.267. The lowest BCUT2D eigenvalue weighted by Crippen LogP contribution is -2.38. The van der Waals surface area contributed by atoms with Crippen molar-refractivity contribution in [3.05, 3.63) is 58.0 Å². The lowest BCUT2D eigenvalue weighted by molar-refractivity contribution is -0.385. The van der Waals surface area contributed by atoms with E-state index in [2.05, 4.69) is 5.32 Å². The molecule has 1 amide bonds. The maximum atomic E-state index is 12.5. The van der Waals surface area contributed by atoms with Gasteiger partial charge in [0.2, 0.25) is 15.9 Å². The molecule has 1 aromatic heterocycles. The summed E-state index contributed by atoms with van der Waals surface area (Å²) in [4.78, 5) is 22.0. The molecule has 134 valence electrons. The number of nitro groups is 1. The first-order valence-electron chi connectivity index (χ1n) is 7.22. The molecule has 0 fully saturated rings. The molecule has 10 heteroatoms. The van der Waals surface area contributed by atoms with Crippen LogP contribution in [-0.2, 0) is 21.4 Å². The van der Waals surface area contributed by atoms with Crippen LogP contribution in [-0.4, -0.2) is 37.1 Å². The summed E-state index contributed by atoms with van der Waals surface area (Å²) < 4.78 is 30.9. The van der Waals surface area contributed by atoms with Crippen LogP contribution in [0, 0.1) is 17.0 Å². The predicted octanol–water partition coefficient (Wildman–Crippen LogP) is 1.43. The average Bonchev–Trinajstić information content (AvgIpc) is 3.06. The Morgan fingerprint density at radius 2 is 2.08 bits per heavy atom. The average molecular weight is 367 g/mol. The van der Waals surface area contributed by atoms with Gasteiger partial charge in [-0.15, -0.1) is 0 Å². The molecule has 0 aliphatic carbocycles. The maximum absolute atomic E-state index is 12.5. The lowest BCUT2D eigenvalue weighted by atomic mass is 10.2. The van der Waals surface area contributed by atoms with Crippen molar-refractivity contribution in [3.8, 4) is 0 Å². The molecule has 0 saturated heterocycles. The Bertz CT molecular complexity index is 877. The quantitative estimate of drug-likeness (QED) is 0.583. The number of nitrogens with one attached hydrogen (secondary N) is 1. The van der Waals surface area contributed by atoms with E-state index in [1.54, 1.807) is 12.1 Å². The van der Waals surface area contributed by atoms with Crippen molar-refractivity contribution >= 4 is 21.6 Å². The number of rotatable bonds is 7. The van der Waals surface area contributed by atoms with Crippen LogP contribution in [0.25, 0.3) is 0 Å². The normalized spacial score (nSPS) is 11.5. The Morgan fingerprint density at radius 1 is 1.36 bits per heavy atom. The molecule has 25 heavy (non-hydrogen) atoms. The molecule has 1 heterocycles. The molecular weight excluding hydrogens is 350 g/mol. The van der Waals surface area contributed by atoms with Gasteiger partial charge in [0, 0.05) is 18.7 Å². The number of amides is 1. The van der Waals surface area contributed by atoms with Crippen molar-refractivity contribution in [2.45, 2.75) is 18.4 Å². The number of benzene rings is 1. The number of carbonyl (C=O) groups excluding carboxylic acids is 1. The number of carbonyl (C=O) groups is 1. The van der Waals surface area contributed by atoms with Crippen LogP contribution >= 0.6 is 0 Å². The van der Waals surface area contributed by atoms with E-state index >= 15 is 0 Å². The third-order valence-electron chi connectivity index (χ3n) is 3.49. The summed E-state index contributed by atoms with van der Waals surface area (Å²) in [5.74, 6) is 0.0112. The number of aryl methyl sites for hydroxylation is 1. The van der Waals surface area contributed by atoms with Gasteiger partial charge in [0.05, 0.1) is 29.2 Å². The number of likely N-dealkylation sites (N-methyl/N-ethyl adjacent to an activating group) is 1. The van der Waals surface area contributed by atoms with E-state index in [0.29, 0.717) is 11.3 Å². The van der Waals surface area contributed by atoms with Crippen molar-refractivity contribution in [2.75, 3.05) is 13.6 Å². The smallest absolute Gasteiger partial charge is 0.273 e. The molecule has 0 unspecified atom stereocenters. The van der Waals surface area contributed by atoms with Crippen LogP contribution in [0.5, 0.6) is 0 Å². The zero-order valence-corrected chi connectivity index (χ0v) is 14.4. The van der Waals surface area contributed by atoms with Crippen molar-refractivity contribution in [3.63, 3.8) is 0 Å². The largest absolute Gasteiger partial charge is 0.467 e. The monoisotopic (exact) mass is 367 g/mol. The van der Waals surface area contributed by atoms with Crippen LogP contribution in [0.2, 0.25) is 0 Å². The zero-order chi connectivity index (χ0) is 18.6. The number of furan rings is 1. The molecule has 0 spiro atoms. The van der Waals surface area contributed by atoms with Gasteiger partial charge in [0.15, 0.2) is 0 Å². The van der Waals surface area contributed by atoms with E-state index in [0.717, 1.165) is 10.4 Å². The molecule has 0 radical (unpaired) electrons. The summed E-state index contributed by atoms with van der Waals surface area (Å²) in [5, 5.41) is 13.5. The minimum Gasteiger partial charge on any atom is -0.467 e. The van der Waals surface area contributed by atoms with E-state index in [1.165, 1.54) is 32.4 Å². The summed E-state index contributed by atoms with van der Waals surface area (Å²) in [5.41, 5.74) is 0.0551. The summed E-state index contributed by atoms with van der Waals surface area (Å²) in [6.45, 7) is 1.22. The van der Waals surface area contributed by atoms with Gasteiger partial charge in [-0.2, -0.15) is 4.31 Å². The SMILES string of the molecule is Cc1ccc(S(=O)(=O)N(C)CC(=O)NCc2ccco2)cc1[N+](=O)[O-]. The summed E-state index contributed by atoms with van der Waals surface area (Å²) in [6.07, 6.45) is 1.46.